The Balaban J connectivity index is 1.64. The topological polar surface area (TPSA) is 113 Å². The summed E-state index contributed by atoms with van der Waals surface area (Å²) in [7, 11) is 0. The van der Waals surface area contributed by atoms with Crippen LogP contribution in [0.4, 0.5) is 23.4 Å². The molecule has 0 fully saturated rings. The molecule has 198 valence electrons. The Labute approximate surface area is 217 Å². The second kappa shape index (κ2) is 9.71. The van der Waals surface area contributed by atoms with Crippen molar-refractivity contribution in [2.24, 2.45) is 0 Å². The van der Waals surface area contributed by atoms with Crippen LogP contribution in [0.5, 0.6) is 0 Å². The molecular formula is C27H18F4N4O4. The molecule has 3 aromatic carbocycles. The lowest BCUT2D eigenvalue weighted by Crippen LogP contribution is -2.51. The summed E-state index contributed by atoms with van der Waals surface area (Å²) in [4.78, 5) is 38.7. The average Bonchev–Trinajstić information content (AvgIpc) is 3.29. The lowest BCUT2D eigenvalue weighted by molar-refractivity contribution is -0.137. The first kappa shape index (κ1) is 25.6. The Morgan fingerprint density at radius 3 is 2.31 bits per heavy atom. The number of aromatic nitrogens is 2. The molecule has 0 aliphatic carbocycles. The fourth-order valence-corrected chi connectivity index (χ4v) is 4.51. The molecule has 1 aliphatic rings. The van der Waals surface area contributed by atoms with Crippen LogP contribution in [0.3, 0.4) is 0 Å². The highest BCUT2D eigenvalue weighted by atomic mass is 19.4. The highest BCUT2D eigenvalue weighted by Crippen LogP contribution is 2.41. The molecule has 0 spiro atoms. The smallest absolute Gasteiger partial charge is 0.416 e. The van der Waals surface area contributed by atoms with Crippen molar-refractivity contribution >= 4 is 23.6 Å². The average molecular weight is 538 g/mol. The van der Waals surface area contributed by atoms with Crippen molar-refractivity contribution in [1.82, 2.24) is 15.1 Å². The Morgan fingerprint density at radius 2 is 1.67 bits per heavy atom. The van der Waals surface area contributed by atoms with Gasteiger partial charge in [-0.15, -0.1) is 0 Å². The van der Waals surface area contributed by atoms with Crippen molar-refractivity contribution in [2.45, 2.75) is 18.1 Å². The van der Waals surface area contributed by atoms with Gasteiger partial charge in [0.25, 0.3) is 5.91 Å². The molecule has 0 radical (unpaired) electrons. The Kier molecular flexibility index (Phi) is 6.38. The number of carboxylic acids is 1. The number of nitrogens with one attached hydrogen (secondary N) is 2. The molecule has 2 heterocycles. The van der Waals surface area contributed by atoms with Crippen LogP contribution in [-0.2, 0) is 11.0 Å². The SMILES string of the molecule is O=C(NC1C(=O)Nc2c(c(C(=O)O)nn2-c2ccccc2)C1c1ccc(F)cc1)c1cccc(C(F)(F)F)c1. The van der Waals surface area contributed by atoms with Crippen molar-refractivity contribution in [2.75, 3.05) is 5.32 Å². The van der Waals surface area contributed by atoms with E-state index in [1.807, 2.05) is 0 Å². The van der Waals surface area contributed by atoms with Crippen LogP contribution in [0.2, 0.25) is 0 Å². The van der Waals surface area contributed by atoms with Gasteiger partial charge in [-0.25, -0.2) is 13.9 Å². The third kappa shape index (κ3) is 4.83. The van der Waals surface area contributed by atoms with Crippen molar-refractivity contribution in [3.8, 4) is 5.69 Å². The summed E-state index contributed by atoms with van der Waals surface area (Å²) < 4.78 is 54.6. The molecule has 12 heteroatoms. The number of hydrogen-bond donors (Lipinski definition) is 3. The summed E-state index contributed by atoms with van der Waals surface area (Å²) in [6.07, 6.45) is -4.70. The Morgan fingerprint density at radius 1 is 0.974 bits per heavy atom. The monoisotopic (exact) mass is 538 g/mol. The standard InChI is InChI=1S/C27H18F4N4O4/c28-17-11-9-14(10-12-17)19-20-22(26(38)39)34-35(18-7-2-1-3-8-18)23(20)33-25(37)21(19)32-24(36)15-5-4-6-16(13-15)27(29,30)31/h1-13,19,21H,(H,32,36)(H,33,37)(H,38,39). The maximum Gasteiger partial charge on any atom is 0.416 e. The van der Waals surface area contributed by atoms with E-state index in [9.17, 15) is 37.1 Å². The van der Waals surface area contributed by atoms with E-state index in [0.717, 1.165) is 30.3 Å². The second-order valence-electron chi connectivity index (χ2n) is 8.71. The van der Waals surface area contributed by atoms with Crippen LogP contribution < -0.4 is 10.6 Å². The van der Waals surface area contributed by atoms with Gasteiger partial charge in [0.2, 0.25) is 5.91 Å². The minimum atomic E-state index is -4.70. The second-order valence-corrected chi connectivity index (χ2v) is 8.71. The van der Waals surface area contributed by atoms with Gasteiger partial charge in [-0.05, 0) is 48.0 Å². The number of aromatic carboxylic acids is 1. The van der Waals surface area contributed by atoms with Crippen LogP contribution in [0.25, 0.3) is 5.69 Å². The maximum atomic E-state index is 13.8. The van der Waals surface area contributed by atoms with Gasteiger partial charge in [-0.2, -0.15) is 18.3 Å². The summed E-state index contributed by atoms with van der Waals surface area (Å²) in [6.45, 7) is 0. The van der Waals surface area contributed by atoms with E-state index in [0.29, 0.717) is 11.8 Å². The third-order valence-corrected chi connectivity index (χ3v) is 6.26. The van der Waals surface area contributed by atoms with Gasteiger partial charge >= 0.3 is 12.1 Å². The number of para-hydroxylation sites is 1. The number of fused-ring (bicyclic) bond motifs is 1. The molecule has 1 aliphatic heterocycles. The van der Waals surface area contributed by atoms with Gasteiger partial charge in [0.15, 0.2) is 5.69 Å². The summed E-state index contributed by atoms with van der Waals surface area (Å²) in [5, 5.41) is 19.2. The molecule has 39 heavy (non-hydrogen) atoms. The van der Waals surface area contributed by atoms with E-state index in [4.69, 9.17) is 0 Å². The summed E-state index contributed by atoms with van der Waals surface area (Å²) in [5.74, 6) is -4.93. The number of alkyl halides is 3. The molecule has 2 unspecified atom stereocenters. The molecule has 1 aromatic heterocycles. The fourth-order valence-electron chi connectivity index (χ4n) is 4.51. The molecule has 8 nitrogen and oxygen atoms in total. The van der Waals surface area contributed by atoms with Gasteiger partial charge < -0.3 is 15.7 Å². The number of carbonyl (C=O) groups excluding carboxylic acids is 2. The first-order valence-electron chi connectivity index (χ1n) is 11.5. The van der Waals surface area contributed by atoms with Gasteiger partial charge in [0, 0.05) is 17.0 Å². The van der Waals surface area contributed by atoms with Gasteiger partial charge in [-0.1, -0.05) is 36.4 Å². The predicted octanol–water partition coefficient (Wildman–Crippen LogP) is 4.61. The van der Waals surface area contributed by atoms with Crippen LogP contribution in [-0.4, -0.2) is 38.7 Å². The summed E-state index contributed by atoms with van der Waals surface area (Å²) in [6, 6.07) is 15.4. The zero-order valence-electron chi connectivity index (χ0n) is 19.7. The van der Waals surface area contributed by atoms with Crippen molar-refractivity contribution < 1.29 is 37.1 Å². The number of carboxylic acid groups (broad SMARTS) is 1. The fraction of sp³-hybridized carbons (Fsp3) is 0.111. The molecule has 2 atom stereocenters. The van der Waals surface area contributed by atoms with E-state index in [2.05, 4.69) is 15.7 Å². The van der Waals surface area contributed by atoms with Gasteiger partial charge in [0.1, 0.15) is 17.7 Å². The number of amides is 2. The molecular weight excluding hydrogens is 520 g/mol. The third-order valence-electron chi connectivity index (χ3n) is 6.26. The van der Waals surface area contributed by atoms with Crippen molar-refractivity contribution in [3.63, 3.8) is 0 Å². The maximum absolute atomic E-state index is 13.8. The number of anilines is 1. The summed E-state index contributed by atoms with van der Waals surface area (Å²) in [5.41, 5.74) is -1.10. The lowest BCUT2D eigenvalue weighted by Gasteiger charge is -2.32. The first-order valence-corrected chi connectivity index (χ1v) is 11.5. The molecule has 3 N–H and O–H groups in total. The van der Waals surface area contributed by atoms with Crippen LogP contribution in [0.1, 0.15) is 43.5 Å². The highest BCUT2D eigenvalue weighted by Gasteiger charge is 2.44. The molecule has 0 saturated heterocycles. The number of nitrogens with zero attached hydrogens (tertiary/aromatic N) is 2. The Bertz CT molecular complexity index is 1580. The predicted molar refractivity (Wildman–Crippen MR) is 130 cm³/mol. The number of rotatable bonds is 5. The minimum absolute atomic E-state index is 0.0301. The number of benzene rings is 3. The van der Waals surface area contributed by atoms with Gasteiger partial charge in [0.05, 0.1) is 11.3 Å². The Hall–Kier alpha value is -5.00. The number of hydrogen-bond acceptors (Lipinski definition) is 4. The number of halogens is 4. The van der Waals surface area contributed by atoms with Gasteiger partial charge in [-0.3, -0.25) is 9.59 Å². The quantitative estimate of drug-likeness (QED) is 0.321. The number of carbonyl (C=O) groups is 3. The molecule has 4 aromatic rings. The molecule has 2 amide bonds. The van der Waals surface area contributed by atoms with Crippen molar-refractivity contribution in [1.29, 1.82) is 0 Å². The van der Waals surface area contributed by atoms with E-state index in [1.165, 1.54) is 16.8 Å². The normalized spacial score (nSPS) is 16.8. The summed E-state index contributed by atoms with van der Waals surface area (Å²) >= 11 is 0. The van der Waals surface area contributed by atoms with Crippen molar-refractivity contribution in [3.05, 3.63) is 113 Å². The van der Waals surface area contributed by atoms with Crippen LogP contribution >= 0.6 is 0 Å². The van der Waals surface area contributed by atoms with Crippen LogP contribution in [0.15, 0.2) is 78.9 Å². The van der Waals surface area contributed by atoms with E-state index < -0.39 is 53.0 Å². The zero-order valence-corrected chi connectivity index (χ0v) is 19.7. The largest absolute Gasteiger partial charge is 0.476 e. The van der Waals surface area contributed by atoms with E-state index >= 15 is 0 Å². The minimum Gasteiger partial charge on any atom is -0.476 e. The van der Waals surface area contributed by atoms with E-state index in [-0.39, 0.29) is 22.5 Å². The molecule has 0 saturated carbocycles. The molecule has 0 bridgehead atoms. The first-order chi connectivity index (χ1) is 18.5. The highest BCUT2D eigenvalue weighted by molar-refractivity contribution is 6.05. The lowest BCUT2D eigenvalue weighted by atomic mass is 9.81. The van der Waals surface area contributed by atoms with Crippen LogP contribution in [0, 0.1) is 5.82 Å². The zero-order chi connectivity index (χ0) is 27.9. The van der Waals surface area contributed by atoms with E-state index in [1.54, 1.807) is 30.3 Å². The molecule has 5 rings (SSSR count).